The Balaban J connectivity index is 1.56. The molecule has 0 aliphatic heterocycles. The van der Waals surface area contributed by atoms with Gasteiger partial charge in [-0.2, -0.15) is 0 Å². The molecule has 3 N–H and O–H groups in total. The maximum atomic E-state index is 6.65. The van der Waals surface area contributed by atoms with Crippen molar-refractivity contribution in [1.29, 1.82) is 0 Å². The molecule has 0 radical (unpaired) electrons. The molecule has 2 fully saturated rings. The molecule has 2 aromatic carbocycles. The van der Waals surface area contributed by atoms with Crippen molar-refractivity contribution >= 4 is 28.7 Å². The SMILES string of the molecule is CC1CC2CC(C1)CC(C)(c1ccc(Nc3cccc(N)c3)c(Cl)c1)C2. The van der Waals surface area contributed by atoms with E-state index in [4.69, 9.17) is 17.3 Å². The topological polar surface area (TPSA) is 38.0 Å². The van der Waals surface area contributed by atoms with Crippen LogP contribution in [0.25, 0.3) is 0 Å². The van der Waals surface area contributed by atoms with Crippen molar-refractivity contribution in [3.05, 3.63) is 53.1 Å². The first-order valence-corrected chi connectivity index (χ1v) is 10.2. The first-order valence-electron chi connectivity index (χ1n) is 9.84. The van der Waals surface area contributed by atoms with Crippen molar-refractivity contribution in [1.82, 2.24) is 0 Å². The molecule has 0 spiro atoms. The second-order valence-electron chi connectivity index (χ2n) is 8.96. The molecule has 2 aliphatic rings. The minimum atomic E-state index is 0.257. The largest absolute Gasteiger partial charge is 0.399 e. The van der Waals surface area contributed by atoms with Gasteiger partial charge in [-0.05, 0) is 91.2 Å². The van der Waals surface area contributed by atoms with Gasteiger partial charge in [0.15, 0.2) is 0 Å². The summed E-state index contributed by atoms with van der Waals surface area (Å²) in [5, 5.41) is 4.18. The van der Waals surface area contributed by atoms with Gasteiger partial charge in [0.1, 0.15) is 0 Å². The van der Waals surface area contributed by atoms with Crippen LogP contribution in [-0.2, 0) is 5.41 Å². The van der Waals surface area contributed by atoms with Crippen molar-refractivity contribution in [2.24, 2.45) is 17.8 Å². The Morgan fingerprint density at radius 3 is 2.42 bits per heavy atom. The Hall–Kier alpha value is -1.67. The van der Waals surface area contributed by atoms with Crippen LogP contribution < -0.4 is 11.1 Å². The highest BCUT2D eigenvalue weighted by atomic mass is 35.5. The number of anilines is 3. The van der Waals surface area contributed by atoms with Crippen LogP contribution in [0.3, 0.4) is 0 Å². The highest BCUT2D eigenvalue weighted by Gasteiger charge is 2.41. The van der Waals surface area contributed by atoms with E-state index in [0.29, 0.717) is 0 Å². The van der Waals surface area contributed by atoms with Crippen molar-refractivity contribution < 1.29 is 0 Å². The molecule has 0 amide bonds. The average Bonchev–Trinajstić information content (AvgIpc) is 2.55. The average molecular weight is 369 g/mol. The smallest absolute Gasteiger partial charge is 0.0643 e. The van der Waals surface area contributed by atoms with Gasteiger partial charge >= 0.3 is 0 Å². The summed E-state index contributed by atoms with van der Waals surface area (Å²) in [5.74, 6) is 2.66. The highest BCUT2D eigenvalue weighted by molar-refractivity contribution is 6.33. The molecule has 26 heavy (non-hydrogen) atoms. The number of rotatable bonds is 3. The van der Waals surface area contributed by atoms with Gasteiger partial charge in [0, 0.05) is 11.4 Å². The van der Waals surface area contributed by atoms with Crippen LogP contribution in [0.2, 0.25) is 5.02 Å². The Morgan fingerprint density at radius 2 is 1.77 bits per heavy atom. The van der Waals surface area contributed by atoms with Gasteiger partial charge in [0.25, 0.3) is 0 Å². The fourth-order valence-electron chi connectivity index (χ4n) is 5.59. The highest BCUT2D eigenvalue weighted by Crippen LogP contribution is 2.51. The van der Waals surface area contributed by atoms with Gasteiger partial charge in [-0.1, -0.05) is 37.6 Å². The van der Waals surface area contributed by atoms with E-state index in [1.54, 1.807) is 0 Å². The Kier molecular flexibility index (Phi) is 4.64. The van der Waals surface area contributed by atoms with Gasteiger partial charge < -0.3 is 11.1 Å². The third kappa shape index (κ3) is 3.57. The maximum Gasteiger partial charge on any atom is 0.0643 e. The first kappa shape index (κ1) is 17.7. The zero-order valence-corrected chi connectivity index (χ0v) is 16.5. The maximum absolute atomic E-state index is 6.65. The number of halogens is 1. The summed E-state index contributed by atoms with van der Waals surface area (Å²) in [6.07, 6.45) is 6.82. The molecular weight excluding hydrogens is 340 g/mol. The summed E-state index contributed by atoms with van der Waals surface area (Å²) < 4.78 is 0. The predicted octanol–water partition coefficient (Wildman–Crippen LogP) is 6.77. The van der Waals surface area contributed by atoms with E-state index in [2.05, 4.69) is 37.4 Å². The number of nitrogens with two attached hydrogens (primary N) is 1. The van der Waals surface area contributed by atoms with E-state index in [0.717, 1.165) is 39.8 Å². The van der Waals surface area contributed by atoms with Crippen LogP contribution in [0, 0.1) is 17.8 Å². The minimum absolute atomic E-state index is 0.257. The molecule has 2 atom stereocenters. The van der Waals surface area contributed by atoms with Crippen LogP contribution in [-0.4, -0.2) is 0 Å². The van der Waals surface area contributed by atoms with Crippen molar-refractivity contribution in [2.75, 3.05) is 11.1 Å². The standard InChI is InChI=1S/C23H29ClN2/c1-15-8-16-10-17(9-15)14-23(2,13-16)18-6-7-22(21(24)11-18)26-20-5-3-4-19(25)12-20/h3-7,11-12,15-17,26H,8-10,13-14,25H2,1-2H3. The summed E-state index contributed by atoms with van der Waals surface area (Å²) in [7, 11) is 0. The van der Waals surface area contributed by atoms with E-state index in [1.165, 1.54) is 37.7 Å². The second-order valence-corrected chi connectivity index (χ2v) is 9.37. The number of nitrogens with one attached hydrogen (secondary N) is 1. The predicted molar refractivity (Wildman–Crippen MR) is 112 cm³/mol. The van der Waals surface area contributed by atoms with Gasteiger partial charge in [0.2, 0.25) is 0 Å². The monoisotopic (exact) mass is 368 g/mol. The summed E-state index contributed by atoms with van der Waals surface area (Å²) in [6, 6.07) is 14.3. The molecule has 4 rings (SSSR count). The van der Waals surface area contributed by atoms with Crippen LogP contribution in [0.1, 0.15) is 51.5 Å². The lowest BCUT2D eigenvalue weighted by atomic mass is 9.57. The fourth-order valence-corrected chi connectivity index (χ4v) is 5.82. The number of hydrogen-bond donors (Lipinski definition) is 2. The summed E-state index contributed by atoms with van der Waals surface area (Å²) in [4.78, 5) is 0. The number of benzene rings is 2. The van der Waals surface area contributed by atoms with E-state index in [9.17, 15) is 0 Å². The zero-order valence-electron chi connectivity index (χ0n) is 15.8. The molecule has 2 aromatic rings. The normalized spacial score (nSPS) is 30.8. The summed E-state index contributed by atoms with van der Waals surface area (Å²) in [5.41, 5.74) is 10.2. The summed E-state index contributed by atoms with van der Waals surface area (Å²) in [6.45, 7) is 4.87. The van der Waals surface area contributed by atoms with Crippen molar-refractivity contribution in [2.45, 2.75) is 51.4 Å². The van der Waals surface area contributed by atoms with Crippen LogP contribution in [0.5, 0.6) is 0 Å². The Bertz CT molecular complexity index is 783. The van der Waals surface area contributed by atoms with Crippen molar-refractivity contribution in [3.63, 3.8) is 0 Å². The van der Waals surface area contributed by atoms with Gasteiger partial charge in [-0.25, -0.2) is 0 Å². The first-order chi connectivity index (χ1) is 12.4. The van der Waals surface area contributed by atoms with Gasteiger partial charge in [0.05, 0.1) is 10.7 Å². The molecule has 2 saturated carbocycles. The molecule has 138 valence electrons. The fraction of sp³-hybridized carbons (Fsp3) is 0.478. The molecule has 0 aromatic heterocycles. The number of fused-ring (bicyclic) bond motifs is 2. The second kappa shape index (κ2) is 6.81. The third-order valence-electron chi connectivity index (χ3n) is 6.45. The van der Waals surface area contributed by atoms with E-state index in [1.807, 2.05) is 24.3 Å². The Morgan fingerprint density at radius 1 is 1.04 bits per heavy atom. The molecule has 0 heterocycles. The number of nitrogen functional groups attached to an aromatic ring is 1. The Labute approximate surface area is 162 Å². The summed E-state index contributed by atoms with van der Waals surface area (Å²) >= 11 is 6.65. The molecule has 2 nitrogen and oxygen atoms in total. The van der Waals surface area contributed by atoms with Crippen molar-refractivity contribution in [3.8, 4) is 0 Å². The van der Waals surface area contributed by atoms with Crippen LogP contribution in [0.4, 0.5) is 17.1 Å². The van der Waals surface area contributed by atoms with E-state index < -0.39 is 0 Å². The lowest BCUT2D eigenvalue weighted by molar-refractivity contribution is 0.0899. The zero-order chi connectivity index (χ0) is 18.3. The lowest BCUT2D eigenvalue weighted by Gasteiger charge is -2.47. The van der Waals surface area contributed by atoms with Crippen LogP contribution in [0.15, 0.2) is 42.5 Å². The van der Waals surface area contributed by atoms with Gasteiger partial charge in [-0.15, -0.1) is 0 Å². The lowest BCUT2D eigenvalue weighted by Crippen LogP contribution is -2.38. The molecule has 3 heteroatoms. The van der Waals surface area contributed by atoms with Crippen LogP contribution >= 0.6 is 11.6 Å². The minimum Gasteiger partial charge on any atom is -0.399 e. The molecule has 2 unspecified atom stereocenters. The van der Waals surface area contributed by atoms with E-state index in [-0.39, 0.29) is 5.41 Å². The molecule has 0 saturated heterocycles. The third-order valence-corrected chi connectivity index (χ3v) is 6.76. The van der Waals surface area contributed by atoms with Gasteiger partial charge in [-0.3, -0.25) is 0 Å². The molecule has 2 bridgehead atoms. The molecule has 2 aliphatic carbocycles. The quantitative estimate of drug-likeness (QED) is 0.586. The van der Waals surface area contributed by atoms with E-state index >= 15 is 0 Å². The number of hydrogen-bond acceptors (Lipinski definition) is 2. The molecular formula is C23H29ClN2.